The highest BCUT2D eigenvalue weighted by atomic mass is 32.3. The van der Waals surface area contributed by atoms with Crippen molar-refractivity contribution in [3.05, 3.63) is 59.7 Å². The molecule has 1 aromatic heterocycles. The molecule has 8 heteroatoms. The number of pyridine rings is 1. The Labute approximate surface area is 181 Å². The summed E-state index contributed by atoms with van der Waals surface area (Å²) >= 11 is 0. The van der Waals surface area contributed by atoms with Crippen LogP contribution >= 0.6 is 10.6 Å². The van der Waals surface area contributed by atoms with Gasteiger partial charge in [0.15, 0.2) is 0 Å². The highest BCUT2D eigenvalue weighted by molar-refractivity contribution is 8.24. The second-order valence-electron chi connectivity index (χ2n) is 7.65. The number of benzene rings is 2. The van der Waals surface area contributed by atoms with Crippen LogP contribution in [0.15, 0.2) is 53.4 Å². The minimum Gasteiger partial charge on any atom is -0.383 e. The predicted octanol–water partition coefficient (Wildman–Crippen LogP) is 4.46. The van der Waals surface area contributed by atoms with Gasteiger partial charge in [-0.1, -0.05) is 29.8 Å². The zero-order chi connectivity index (χ0) is 21.3. The van der Waals surface area contributed by atoms with E-state index >= 15 is 0 Å². The molecule has 0 amide bonds. The molecule has 0 saturated heterocycles. The Hall–Kier alpha value is -2.13. The molecule has 1 unspecified atom stereocenters. The van der Waals surface area contributed by atoms with Crippen molar-refractivity contribution >= 4 is 43.8 Å². The first kappa shape index (κ1) is 21.1. The average Bonchev–Trinajstić information content (AvgIpc) is 2.84. The second-order valence-corrected chi connectivity index (χ2v) is 11.4. The molecule has 1 aliphatic heterocycles. The first-order chi connectivity index (χ1) is 14.3. The molecule has 4 rings (SSSR count). The Bertz CT molecular complexity index is 1100. The van der Waals surface area contributed by atoms with Crippen LogP contribution in [0.1, 0.15) is 11.1 Å². The maximum atomic E-state index is 11.5. The molecule has 3 aromatic rings. The lowest BCUT2D eigenvalue weighted by Crippen LogP contribution is -2.26. The van der Waals surface area contributed by atoms with E-state index in [0.717, 1.165) is 33.5 Å². The lowest BCUT2D eigenvalue weighted by atomic mass is 10.1. The van der Waals surface area contributed by atoms with Gasteiger partial charge in [0.25, 0.3) is 0 Å². The van der Waals surface area contributed by atoms with Gasteiger partial charge in [-0.05, 0) is 30.7 Å². The number of hydrogen-bond acceptors (Lipinski definition) is 6. The van der Waals surface area contributed by atoms with Crippen molar-refractivity contribution in [1.29, 1.82) is 0 Å². The van der Waals surface area contributed by atoms with E-state index in [1.54, 1.807) is 6.26 Å². The molecule has 2 heterocycles. The maximum absolute atomic E-state index is 11.5. The van der Waals surface area contributed by atoms with Crippen LogP contribution < -0.4 is 10.2 Å². The molecular weight excluding hydrogens is 418 g/mol. The van der Waals surface area contributed by atoms with Crippen LogP contribution in [0.25, 0.3) is 10.9 Å². The Morgan fingerprint density at radius 3 is 2.80 bits per heavy atom. The molecular formula is C22H27N3O3S2. The van der Waals surface area contributed by atoms with Crippen LogP contribution in [-0.4, -0.2) is 49.1 Å². The fourth-order valence-corrected chi connectivity index (χ4v) is 5.68. The zero-order valence-electron chi connectivity index (χ0n) is 17.2. The van der Waals surface area contributed by atoms with E-state index in [0.29, 0.717) is 30.3 Å². The second kappa shape index (κ2) is 8.55. The topological polar surface area (TPSA) is 85.7 Å². The number of fused-ring (bicyclic) bond motifs is 2. The number of hydrogen-bond donors (Lipinski definition) is 3. The molecule has 160 valence electrons. The fourth-order valence-electron chi connectivity index (χ4n) is 3.74. The maximum Gasteiger partial charge on any atom is 0.131 e. The van der Waals surface area contributed by atoms with Gasteiger partial charge in [-0.25, -0.2) is 4.98 Å². The van der Waals surface area contributed by atoms with Gasteiger partial charge in [-0.3, -0.25) is 13.3 Å². The summed E-state index contributed by atoms with van der Waals surface area (Å²) in [6, 6.07) is 15.7. The molecule has 0 aliphatic carbocycles. The fraction of sp³-hybridized carbons (Fsp3) is 0.318. The minimum absolute atomic E-state index is 0.273. The molecule has 2 aromatic carbocycles. The Morgan fingerprint density at radius 1 is 1.20 bits per heavy atom. The molecule has 30 heavy (non-hydrogen) atoms. The summed E-state index contributed by atoms with van der Waals surface area (Å²) in [4.78, 5) is 7.61. The average molecular weight is 446 g/mol. The third-order valence-electron chi connectivity index (χ3n) is 5.31. The first-order valence-electron chi connectivity index (χ1n) is 9.87. The lowest BCUT2D eigenvalue weighted by molar-refractivity contribution is 0.488. The number of rotatable bonds is 5. The molecule has 0 radical (unpaired) electrons. The number of aryl methyl sites for hydroxylation is 1. The zero-order valence-corrected chi connectivity index (χ0v) is 18.8. The van der Waals surface area contributed by atoms with Gasteiger partial charge in [0.2, 0.25) is 0 Å². The Balaban J connectivity index is 1.73. The van der Waals surface area contributed by atoms with Crippen LogP contribution in [0.4, 0.5) is 11.5 Å². The Morgan fingerprint density at radius 2 is 2.00 bits per heavy atom. The van der Waals surface area contributed by atoms with Crippen molar-refractivity contribution in [2.45, 2.75) is 18.4 Å². The molecule has 0 fully saturated rings. The van der Waals surface area contributed by atoms with Crippen molar-refractivity contribution in [3.8, 4) is 0 Å². The van der Waals surface area contributed by atoms with Gasteiger partial charge in [0, 0.05) is 59.6 Å². The van der Waals surface area contributed by atoms with Crippen LogP contribution in [0.5, 0.6) is 0 Å². The van der Waals surface area contributed by atoms with Crippen molar-refractivity contribution in [3.63, 3.8) is 0 Å². The van der Waals surface area contributed by atoms with Crippen LogP contribution in [-0.2, 0) is 17.3 Å². The van der Waals surface area contributed by atoms with E-state index in [1.807, 2.05) is 42.5 Å². The van der Waals surface area contributed by atoms with Crippen LogP contribution in [0.2, 0.25) is 0 Å². The predicted molar refractivity (Wildman–Crippen MR) is 127 cm³/mol. The first-order valence-corrected chi connectivity index (χ1v) is 13.3. The van der Waals surface area contributed by atoms with Crippen LogP contribution in [0, 0.1) is 6.92 Å². The van der Waals surface area contributed by atoms with Gasteiger partial charge in [0.1, 0.15) is 5.82 Å². The van der Waals surface area contributed by atoms with Crippen molar-refractivity contribution in [2.24, 2.45) is 0 Å². The third kappa shape index (κ3) is 4.46. The third-order valence-corrected chi connectivity index (χ3v) is 7.95. The molecule has 0 bridgehead atoms. The normalized spacial score (nSPS) is 17.8. The number of anilines is 2. The van der Waals surface area contributed by atoms with E-state index < -0.39 is 21.4 Å². The van der Waals surface area contributed by atoms with Gasteiger partial charge in [0.05, 0.1) is 16.2 Å². The largest absolute Gasteiger partial charge is 0.383 e. The quantitative estimate of drug-likeness (QED) is 0.537. The van der Waals surface area contributed by atoms with E-state index in [-0.39, 0.29) is 5.75 Å². The van der Waals surface area contributed by atoms with Gasteiger partial charge in [-0.15, -0.1) is 0 Å². The monoisotopic (exact) mass is 445 g/mol. The molecule has 3 N–H and O–H groups in total. The van der Waals surface area contributed by atoms with Crippen molar-refractivity contribution in [1.82, 2.24) is 4.98 Å². The number of nitrogens with one attached hydrogen (secondary N) is 1. The minimum atomic E-state index is -2.82. The number of nitrogens with zero attached hydrogens (tertiary/aromatic N) is 2. The standard InChI is InChI=1S/C22H27N3O3S2/c1-16-7-8-19-18(13-16)20(23-9-11-29(2)26)14-22(24-19)25-10-12-30(27,28)21-6-4-3-5-17(21)15-25/h3-8,13-14,27-28H,9-12,15H2,1-2H3,(H,23,24). The summed E-state index contributed by atoms with van der Waals surface area (Å²) in [5.41, 5.74) is 3.89. The van der Waals surface area contributed by atoms with Gasteiger partial charge >= 0.3 is 0 Å². The summed E-state index contributed by atoms with van der Waals surface area (Å²) in [5, 5.41) is 4.45. The number of aromatic nitrogens is 1. The summed E-state index contributed by atoms with van der Waals surface area (Å²) in [6.07, 6.45) is 1.70. The molecule has 6 nitrogen and oxygen atoms in total. The SMILES string of the molecule is Cc1ccc2nc(N3CCS(O)(O)c4ccccc4C3)cc(NCCS(C)=O)c2c1. The van der Waals surface area contributed by atoms with Gasteiger partial charge < -0.3 is 10.2 Å². The van der Waals surface area contributed by atoms with E-state index in [9.17, 15) is 13.3 Å². The molecule has 0 spiro atoms. The smallest absolute Gasteiger partial charge is 0.131 e. The molecule has 1 aliphatic rings. The lowest BCUT2D eigenvalue weighted by Gasteiger charge is -2.32. The van der Waals surface area contributed by atoms with E-state index in [4.69, 9.17) is 4.98 Å². The highest BCUT2D eigenvalue weighted by Crippen LogP contribution is 2.51. The Kier molecular flexibility index (Phi) is 6.02. The summed E-state index contributed by atoms with van der Waals surface area (Å²) in [7, 11) is -3.68. The molecule has 0 saturated carbocycles. The van der Waals surface area contributed by atoms with Crippen molar-refractivity contribution in [2.75, 3.05) is 41.1 Å². The van der Waals surface area contributed by atoms with Gasteiger partial charge in [-0.2, -0.15) is 10.6 Å². The summed E-state index contributed by atoms with van der Waals surface area (Å²) in [6.45, 7) is 3.72. The van der Waals surface area contributed by atoms with Crippen molar-refractivity contribution < 1.29 is 13.3 Å². The highest BCUT2D eigenvalue weighted by Gasteiger charge is 2.26. The van der Waals surface area contributed by atoms with E-state index in [1.165, 1.54) is 0 Å². The summed E-state index contributed by atoms with van der Waals surface area (Å²) < 4.78 is 32.8. The van der Waals surface area contributed by atoms with Crippen LogP contribution in [0.3, 0.4) is 0 Å². The molecule has 1 atom stereocenters. The van der Waals surface area contributed by atoms with E-state index in [2.05, 4.69) is 23.2 Å². The summed E-state index contributed by atoms with van der Waals surface area (Å²) in [5.74, 6) is 1.64.